The zero-order chi connectivity index (χ0) is 26.8. The highest BCUT2D eigenvalue weighted by molar-refractivity contribution is 5.75. The molecule has 0 saturated carbocycles. The fourth-order valence-electron chi connectivity index (χ4n) is 4.78. The number of hydrogen-bond donors (Lipinski definition) is 1. The molecule has 1 saturated heterocycles. The zero-order valence-corrected chi connectivity index (χ0v) is 22.3. The van der Waals surface area contributed by atoms with Gasteiger partial charge in [0.05, 0.1) is 37.1 Å². The van der Waals surface area contributed by atoms with E-state index in [0.29, 0.717) is 54.6 Å². The number of pyridine rings is 1. The van der Waals surface area contributed by atoms with Crippen molar-refractivity contribution in [3.63, 3.8) is 0 Å². The van der Waals surface area contributed by atoms with E-state index in [1.807, 2.05) is 37.8 Å². The molecule has 39 heavy (non-hydrogen) atoms. The first-order chi connectivity index (χ1) is 19.1. The summed E-state index contributed by atoms with van der Waals surface area (Å²) in [5, 5.41) is 12.4. The molecule has 1 N–H and O–H groups in total. The molecule has 4 bridgehead atoms. The molecule has 6 rings (SSSR count). The molecule has 0 aliphatic carbocycles. The van der Waals surface area contributed by atoms with Crippen molar-refractivity contribution in [3.05, 3.63) is 36.9 Å². The van der Waals surface area contributed by atoms with Gasteiger partial charge in [0.15, 0.2) is 5.82 Å². The predicted molar refractivity (Wildman–Crippen MR) is 143 cm³/mol. The number of rotatable bonds is 4. The molecule has 0 radical (unpaired) electrons. The van der Waals surface area contributed by atoms with Crippen molar-refractivity contribution in [3.8, 4) is 40.0 Å². The number of fused-ring (bicyclic) bond motifs is 6. The van der Waals surface area contributed by atoms with Crippen molar-refractivity contribution < 1.29 is 18.9 Å². The lowest BCUT2D eigenvalue weighted by Gasteiger charge is -2.22. The van der Waals surface area contributed by atoms with E-state index in [0.717, 1.165) is 42.7 Å². The lowest BCUT2D eigenvalue weighted by Crippen LogP contribution is -2.20. The minimum atomic E-state index is -0.145. The van der Waals surface area contributed by atoms with Crippen molar-refractivity contribution >= 4 is 11.6 Å². The van der Waals surface area contributed by atoms with Crippen LogP contribution in [-0.4, -0.2) is 67.0 Å². The van der Waals surface area contributed by atoms with Gasteiger partial charge in [-0.3, -0.25) is 4.68 Å². The number of ether oxygens (including phenoxy) is 4. The molecule has 6 heterocycles. The second kappa shape index (κ2) is 10.9. The first kappa shape index (κ1) is 25.1. The maximum absolute atomic E-state index is 6.50. The summed E-state index contributed by atoms with van der Waals surface area (Å²) in [6, 6.07) is 3.93. The standard InChI is InChI=1S/C27H32N8O4/c1-4-37-26-21(16-35(33-26)18-7-10-36-11-8-18)19-14-29-24-13-22(19)39-17(2)6-12-38-27-20(15-30-34(27)3)25-28-9-5-23(31-24)32-25/h5,9,13-18H,4,6-8,10-12H2,1-3H3,(H,28,29,31,32)/t17-/m0/s1. The molecule has 2 aliphatic heterocycles. The summed E-state index contributed by atoms with van der Waals surface area (Å²) < 4.78 is 27.8. The SMILES string of the molecule is CCOc1nn(C2CCOCC2)cc1-c1cnc2cc1O[C@@H](C)CCOc1c(cnn1C)-c1nccc(n1)N2. The van der Waals surface area contributed by atoms with E-state index < -0.39 is 0 Å². The van der Waals surface area contributed by atoms with Crippen LogP contribution in [0.5, 0.6) is 17.5 Å². The maximum atomic E-state index is 6.50. The van der Waals surface area contributed by atoms with Gasteiger partial charge >= 0.3 is 0 Å². The fraction of sp³-hybridized carbons (Fsp3) is 0.444. The normalized spacial score (nSPS) is 17.8. The summed E-state index contributed by atoms with van der Waals surface area (Å²) in [4.78, 5) is 13.8. The topological polar surface area (TPSA) is 123 Å². The van der Waals surface area contributed by atoms with Gasteiger partial charge in [-0.2, -0.15) is 5.10 Å². The fourth-order valence-corrected chi connectivity index (χ4v) is 4.78. The number of hydrogen-bond acceptors (Lipinski definition) is 10. The third-order valence-corrected chi connectivity index (χ3v) is 6.83. The highest BCUT2D eigenvalue weighted by atomic mass is 16.5. The molecule has 0 unspecified atom stereocenters. The molecule has 1 fully saturated rings. The first-order valence-electron chi connectivity index (χ1n) is 13.3. The first-order valence-corrected chi connectivity index (χ1v) is 13.3. The summed E-state index contributed by atoms with van der Waals surface area (Å²) in [6.07, 6.45) is 9.56. The Balaban J connectivity index is 1.39. The number of aromatic nitrogens is 7. The van der Waals surface area contributed by atoms with Gasteiger partial charge in [-0.05, 0) is 32.8 Å². The number of aryl methyl sites for hydroxylation is 1. The Hall–Kier alpha value is -4.19. The van der Waals surface area contributed by atoms with Gasteiger partial charge in [0.25, 0.3) is 0 Å². The van der Waals surface area contributed by atoms with Crippen molar-refractivity contribution in [1.82, 2.24) is 34.5 Å². The molecule has 0 amide bonds. The minimum absolute atomic E-state index is 0.145. The minimum Gasteiger partial charge on any atom is -0.490 e. The zero-order valence-electron chi connectivity index (χ0n) is 22.3. The Morgan fingerprint density at radius 3 is 2.77 bits per heavy atom. The highest BCUT2D eigenvalue weighted by Crippen LogP contribution is 2.39. The van der Waals surface area contributed by atoms with Crippen LogP contribution in [0.1, 0.15) is 39.2 Å². The van der Waals surface area contributed by atoms with Crippen molar-refractivity contribution in [2.24, 2.45) is 7.05 Å². The molecule has 12 heteroatoms. The van der Waals surface area contributed by atoms with Crippen molar-refractivity contribution in [2.45, 2.75) is 45.3 Å². The van der Waals surface area contributed by atoms with Crippen LogP contribution in [0, 0.1) is 0 Å². The molecule has 204 valence electrons. The van der Waals surface area contributed by atoms with E-state index in [2.05, 4.69) is 20.4 Å². The molecular formula is C27H32N8O4. The molecule has 4 aromatic rings. The average Bonchev–Trinajstić information content (AvgIpc) is 3.53. The highest BCUT2D eigenvalue weighted by Gasteiger charge is 2.24. The Kier molecular flexibility index (Phi) is 7.01. The summed E-state index contributed by atoms with van der Waals surface area (Å²) in [5.74, 6) is 3.54. The monoisotopic (exact) mass is 532 g/mol. The summed E-state index contributed by atoms with van der Waals surface area (Å²) >= 11 is 0. The van der Waals surface area contributed by atoms with Gasteiger partial charge in [0.1, 0.15) is 22.9 Å². The van der Waals surface area contributed by atoms with Gasteiger partial charge in [0.2, 0.25) is 11.8 Å². The van der Waals surface area contributed by atoms with E-state index in [1.165, 1.54) is 0 Å². The summed E-state index contributed by atoms with van der Waals surface area (Å²) in [6.45, 7) is 6.37. The maximum Gasteiger partial charge on any atom is 0.240 e. The largest absolute Gasteiger partial charge is 0.490 e. The van der Waals surface area contributed by atoms with Gasteiger partial charge in [0, 0.05) is 56.9 Å². The molecule has 1 atom stereocenters. The number of anilines is 2. The van der Waals surface area contributed by atoms with Crippen LogP contribution in [0.15, 0.2) is 36.9 Å². The Bertz CT molecular complexity index is 1450. The lowest BCUT2D eigenvalue weighted by molar-refractivity contribution is 0.0658. The Labute approximate surface area is 226 Å². The Morgan fingerprint density at radius 1 is 1.05 bits per heavy atom. The molecule has 0 aromatic carbocycles. The van der Waals surface area contributed by atoms with Crippen LogP contribution >= 0.6 is 0 Å². The number of nitrogens with zero attached hydrogens (tertiary/aromatic N) is 7. The van der Waals surface area contributed by atoms with E-state index in [1.54, 1.807) is 29.3 Å². The van der Waals surface area contributed by atoms with E-state index in [9.17, 15) is 0 Å². The van der Waals surface area contributed by atoms with Gasteiger partial charge < -0.3 is 24.3 Å². The van der Waals surface area contributed by atoms with Crippen LogP contribution in [-0.2, 0) is 11.8 Å². The van der Waals surface area contributed by atoms with E-state index >= 15 is 0 Å². The van der Waals surface area contributed by atoms with Gasteiger partial charge in [-0.1, -0.05) is 0 Å². The van der Waals surface area contributed by atoms with Crippen LogP contribution < -0.4 is 19.5 Å². The molecular weight excluding hydrogens is 500 g/mol. The van der Waals surface area contributed by atoms with Gasteiger partial charge in [-0.25, -0.2) is 19.6 Å². The quantitative estimate of drug-likeness (QED) is 0.409. The lowest BCUT2D eigenvalue weighted by atomic mass is 10.1. The molecule has 4 aromatic heterocycles. The van der Waals surface area contributed by atoms with E-state index in [4.69, 9.17) is 29.0 Å². The van der Waals surface area contributed by atoms with Crippen LogP contribution in [0.25, 0.3) is 22.5 Å². The van der Waals surface area contributed by atoms with Crippen LogP contribution in [0.2, 0.25) is 0 Å². The van der Waals surface area contributed by atoms with Crippen LogP contribution in [0.4, 0.5) is 11.6 Å². The third-order valence-electron chi connectivity index (χ3n) is 6.83. The Morgan fingerprint density at radius 2 is 1.92 bits per heavy atom. The van der Waals surface area contributed by atoms with E-state index in [-0.39, 0.29) is 12.1 Å². The molecule has 0 spiro atoms. The third kappa shape index (κ3) is 5.24. The predicted octanol–water partition coefficient (Wildman–Crippen LogP) is 4.18. The second-order valence-corrected chi connectivity index (χ2v) is 9.61. The summed E-state index contributed by atoms with van der Waals surface area (Å²) in [5.41, 5.74) is 2.37. The average molecular weight is 533 g/mol. The van der Waals surface area contributed by atoms with Gasteiger partial charge in [-0.15, -0.1) is 5.10 Å². The number of nitrogens with one attached hydrogen (secondary N) is 1. The van der Waals surface area contributed by atoms with Crippen LogP contribution in [0.3, 0.4) is 0 Å². The molecule has 12 nitrogen and oxygen atoms in total. The molecule has 2 aliphatic rings. The van der Waals surface area contributed by atoms with Crippen molar-refractivity contribution in [1.29, 1.82) is 0 Å². The van der Waals surface area contributed by atoms with Crippen molar-refractivity contribution in [2.75, 3.05) is 31.7 Å². The smallest absolute Gasteiger partial charge is 0.240 e. The summed E-state index contributed by atoms with van der Waals surface area (Å²) in [7, 11) is 1.83. The second-order valence-electron chi connectivity index (χ2n) is 9.61.